The number of rotatable bonds is 7. The zero-order chi connectivity index (χ0) is 29.1. The molecule has 1 aromatic heterocycles. The molecule has 0 N–H and O–H groups in total. The van der Waals surface area contributed by atoms with Crippen molar-refractivity contribution in [2.75, 3.05) is 42.5 Å². The van der Waals surface area contributed by atoms with Crippen LogP contribution in [-0.4, -0.2) is 70.9 Å². The van der Waals surface area contributed by atoms with E-state index in [1.54, 1.807) is 34.0 Å². The lowest BCUT2D eigenvalue weighted by atomic mass is 10.0. The van der Waals surface area contributed by atoms with Crippen LogP contribution >= 0.6 is 0 Å². The van der Waals surface area contributed by atoms with E-state index < -0.39 is 29.9 Å². The van der Waals surface area contributed by atoms with Crippen LogP contribution in [0.1, 0.15) is 5.56 Å². The highest BCUT2D eigenvalue weighted by Gasteiger charge is 2.33. The summed E-state index contributed by atoms with van der Waals surface area (Å²) in [6.45, 7) is 2.42. The normalized spacial score (nSPS) is 17.0. The summed E-state index contributed by atoms with van der Waals surface area (Å²) in [6, 6.07) is 18.4. The molecule has 0 spiro atoms. The third kappa shape index (κ3) is 5.87. The first-order valence-electron chi connectivity index (χ1n) is 13.6. The predicted octanol–water partition coefficient (Wildman–Crippen LogP) is 4.71. The van der Waals surface area contributed by atoms with E-state index in [9.17, 15) is 9.59 Å². The number of hydrogen-bond acceptors (Lipinski definition) is 7. The SMILES string of the molecule is O=C(OCc1ccccc1)N1CCN(c2ccc(-c3ccc(N4C[C@H](Cn5ccnn5)OC4=O)cc3F)cc2F)CC1. The average Bonchev–Trinajstić information content (AvgIpc) is 3.66. The topological polar surface area (TPSA) is 93.0 Å². The Bertz CT molecular complexity index is 1560. The highest BCUT2D eigenvalue weighted by Crippen LogP contribution is 2.32. The molecule has 12 heteroatoms. The van der Waals surface area contributed by atoms with Crippen LogP contribution in [0.25, 0.3) is 11.1 Å². The Hall–Kier alpha value is -5.00. The summed E-state index contributed by atoms with van der Waals surface area (Å²) in [5, 5.41) is 7.61. The zero-order valence-electron chi connectivity index (χ0n) is 22.6. The van der Waals surface area contributed by atoms with Crippen LogP contribution in [0.2, 0.25) is 0 Å². The Morgan fingerprint density at radius 2 is 1.79 bits per heavy atom. The van der Waals surface area contributed by atoms with Crippen LogP contribution in [0.4, 0.5) is 29.7 Å². The molecule has 216 valence electrons. The van der Waals surface area contributed by atoms with E-state index in [1.165, 1.54) is 29.3 Å². The Morgan fingerprint density at radius 1 is 0.976 bits per heavy atom. The molecule has 2 amide bonds. The van der Waals surface area contributed by atoms with Gasteiger partial charge in [-0.1, -0.05) is 41.6 Å². The first kappa shape index (κ1) is 27.2. The van der Waals surface area contributed by atoms with E-state index in [2.05, 4.69) is 10.3 Å². The van der Waals surface area contributed by atoms with E-state index in [-0.39, 0.29) is 18.7 Å². The summed E-state index contributed by atoms with van der Waals surface area (Å²) in [5.41, 5.74) is 2.22. The van der Waals surface area contributed by atoms with Gasteiger partial charge in [0.1, 0.15) is 24.3 Å². The minimum atomic E-state index is -0.588. The van der Waals surface area contributed by atoms with Crippen molar-refractivity contribution in [2.45, 2.75) is 19.3 Å². The molecule has 1 atom stereocenters. The lowest BCUT2D eigenvalue weighted by Gasteiger charge is -2.35. The number of hydrogen-bond donors (Lipinski definition) is 0. The summed E-state index contributed by atoms with van der Waals surface area (Å²) in [5.74, 6) is -1.08. The van der Waals surface area contributed by atoms with E-state index in [0.717, 1.165) is 5.56 Å². The van der Waals surface area contributed by atoms with E-state index in [0.29, 0.717) is 49.7 Å². The summed E-state index contributed by atoms with van der Waals surface area (Å²) in [4.78, 5) is 29.7. The lowest BCUT2D eigenvalue weighted by molar-refractivity contribution is 0.0941. The van der Waals surface area contributed by atoms with Gasteiger partial charge in [0, 0.05) is 37.9 Å². The molecule has 3 aromatic carbocycles. The molecule has 0 bridgehead atoms. The molecule has 2 saturated heterocycles. The summed E-state index contributed by atoms with van der Waals surface area (Å²) >= 11 is 0. The van der Waals surface area contributed by atoms with Crippen molar-refractivity contribution in [3.05, 3.63) is 96.3 Å². The molecular weight excluding hydrogens is 546 g/mol. The van der Waals surface area contributed by atoms with Crippen LogP contribution < -0.4 is 9.80 Å². The number of nitrogens with zero attached hydrogens (tertiary/aromatic N) is 6. The second-order valence-electron chi connectivity index (χ2n) is 10.1. The standard InChI is InChI=1S/C30H28F2N6O4/c31-26-17-23(38-19-24(42-30(38)40)18-37-11-10-33-34-37)7-8-25(26)22-6-9-28(27(32)16-22)35-12-14-36(15-13-35)29(39)41-20-21-4-2-1-3-5-21/h1-11,16-17,24H,12-15,18-20H2/t24-/m0/s1. The van der Waals surface area contributed by atoms with Crippen LogP contribution in [-0.2, 0) is 22.6 Å². The third-order valence-corrected chi connectivity index (χ3v) is 7.34. The summed E-state index contributed by atoms with van der Waals surface area (Å²) in [7, 11) is 0. The van der Waals surface area contributed by atoms with E-state index in [4.69, 9.17) is 9.47 Å². The highest BCUT2D eigenvalue weighted by molar-refractivity contribution is 5.90. The molecule has 4 aromatic rings. The molecule has 10 nitrogen and oxygen atoms in total. The van der Waals surface area contributed by atoms with E-state index >= 15 is 8.78 Å². The number of halogens is 2. The molecule has 42 heavy (non-hydrogen) atoms. The maximum Gasteiger partial charge on any atom is 0.414 e. The number of piperazine rings is 1. The molecular formula is C30H28F2N6O4. The van der Waals surface area contributed by atoms with Crippen LogP contribution in [0, 0.1) is 11.6 Å². The molecule has 6 rings (SSSR count). The minimum Gasteiger partial charge on any atom is -0.445 e. The second kappa shape index (κ2) is 11.9. The lowest BCUT2D eigenvalue weighted by Crippen LogP contribution is -2.49. The Balaban J connectivity index is 1.06. The van der Waals surface area contributed by atoms with Crippen molar-refractivity contribution < 1.29 is 27.8 Å². The maximum atomic E-state index is 15.2. The first-order chi connectivity index (χ1) is 20.4. The molecule has 0 radical (unpaired) electrons. The van der Waals surface area contributed by atoms with Gasteiger partial charge in [0.05, 0.1) is 30.7 Å². The number of carbonyl (C=O) groups excluding carboxylic acids is 2. The molecule has 2 aliphatic heterocycles. The number of benzene rings is 3. The predicted molar refractivity (Wildman–Crippen MR) is 150 cm³/mol. The van der Waals surface area contributed by atoms with E-state index in [1.807, 2.05) is 35.2 Å². The van der Waals surface area contributed by atoms with Gasteiger partial charge in [-0.2, -0.15) is 0 Å². The van der Waals surface area contributed by atoms with Gasteiger partial charge in [0.25, 0.3) is 0 Å². The smallest absolute Gasteiger partial charge is 0.414 e. The van der Waals surface area contributed by atoms with Gasteiger partial charge in [-0.05, 0) is 41.5 Å². The molecule has 2 aliphatic rings. The van der Waals surface area contributed by atoms with Crippen LogP contribution in [0.3, 0.4) is 0 Å². The Kier molecular flexibility index (Phi) is 7.67. The fourth-order valence-electron chi connectivity index (χ4n) is 5.14. The number of cyclic esters (lactones) is 1. The van der Waals surface area contributed by atoms with Crippen molar-refractivity contribution in [3.8, 4) is 11.1 Å². The molecule has 0 aliphatic carbocycles. The second-order valence-corrected chi connectivity index (χ2v) is 10.1. The van der Waals surface area contributed by atoms with Crippen LogP contribution in [0.5, 0.6) is 0 Å². The molecule has 0 unspecified atom stereocenters. The van der Waals surface area contributed by atoms with Gasteiger partial charge >= 0.3 is 12.2 Å². The minimum absolute atomic E-state index is 0.195. The van der Waals surface area contributed by atoms with Gasteiger partial charge in [-0.3, -0.25) is 4.90 Å². The van der Waals surface area contributed by atoms with Gasteiger partial charge in [-0.25, -0.2) is 23.1 Å². The quantitative estimate of drug-likeness (QED) is 0.316. The van der Waals surface area contributed by atoms with Crippen LogP contribution in [0.15, 0.2) is 79.1 Å². The summed E-state index contributed by atoms with van der Waals surface area (Å²) < 4.78 is 42.8. The van der Waals surface area contributed by atoms with Crippen molar-refractivity contribution in [3.63, 3.8) is 0 Å². The zero-order valence-corrected chi connectivity index (χ0v) is 22.6. The van der Waals surface area contributed by atoms with Gasteiger partial charge in [0.2, 0.25) is 0 Å². The van der Waals surface area contributed by atoms with Crippen molar-refractivity contribution in [1.29, 1.82) is 0 Å². The van der Waals surface area contributed by atoms with Gasteiger partial charge < -0.3 is 19.3 Å². The first-order valence-corrected chi connectivity index (χ1v) is 13.6. The fraction of sp³-hybridized carbons (Fsp3) is 0.267. The third-order valence-electron chi connectivity index (χ3n) is 7.34. The molecule has 0 saturated carbocycles. The Morgan fingerprint density at radius 3 is 2.50 bits per heavy atom. The Labute approximate surface area is 240 Å². The molecule has 2 fully saturated rings. The van der Waals surface area contributed by atoms with Gasteiger partial charge in [-0.15, -0.1) is 5.10 Å². The van der Waals surface area contributed by atoms with Crippen molar-refractivity contribution in [2.24, 2.45) is 0 Å². The average molecular weight is 575 g/mol. The number of aromatic nitrogens is 3. The fourth-order valence-corrected chi connectivity index (χ4v) is 5.14. The number of ether oxygens (including phenoxy) is 2. The number of anilines is 2. The largest absolute Gasteiger partial charge is 0.445 e. The van der Waals surface area contributed by atoms with Gasteiger partial charge in [0.15, 0.2) is 0 Å². The number of amides is 2. The highest BCUT2D eigenvalue weighted by atomic mass is 19.1. The molecule has 3 heterocycles. The maximum absolute atomic E-state index is 15.2. The summed E-state index contributed by atoms with van der Waals surface area (Å²) in [6.07, 6.45) is 1.77. The monoisotopic (exact) mass is 574 g/mol. The number of carbonyl (C=O) groups is 2. The van der Waals surface area contributed by atoms with Crippen molar-refractivity contribution >= 4 is 23.6 Å². The van der Waals surface area contributed by atoms with Crippen molar-refractivity contribution in [1.82, 2.24) is 19.9 Å².